The van der Waals surface area contributed by atoms with Crippen LogP contribution in [-0.2, 0) is 0 Å². The first-order chi connectivity index (χ1) is 13.2. The number of carbonyl (C=O) groups is 1. The van der Waals surface area contributed by atoms with Gasteiger partial charge in [0.25, 0.3) is 5.91 Å². The van der Waals surface area contributed by atoms with Crippen molar-refractivity contribution in [3.05, 3.63) is 65.6 Å². The number of hydrogen-bond acceptors (Lipinski definition) is 4. The molecular weight excluding hydrogens is 340 g/mol. The molecule has 2 aromatic heterocycles. The number of amides is 1. The van der Waals surface area contributed by atoms with Crippen molar-refractivity contribution in [2.45, 2.75) is 33.1 Å². The summed E-state index contributed by atoms with van der Waals surface area (Å²) in [6.45, 7) is 4.71. The fourth-order valence-electron chi connectivity index (χ4n) is 2.80. The van der Waals surface area contributed by atoms with Crippen molar-refractivity contribution in [3.63, 3.8) is 0 Å². The number of imidazole rings is 1. The minimum Gasteiger partial charge on any atom is -0.494 e. The largest absolute Gasteiger partial charge is 0.494 e. The Labute approximate surface area is 158 Å². The topological polar surface area (TPSA) is 68.0 Å². The minimum atomic E-state index is -0.293. The molecule has 0 fully saturated rings. The van der Waals surface area contributed by atoms with E-state index in [1.54, 1.807) is 10.6 Å². The Morgan fingerprint density at radius 3 is 2.81 bits per heavy atom. The van der Waals surface area contributed by atoms with Crippen LogP contribution in [0.4, 0.5) is 0 Å². The van der Waals surface area contributed by atoms with Gasteiger partial charge in [-0.15, -0.1) is 0 Å². The van der Waals surface area contributed by atoms with Crippen LogP contribution in [0, 0.1) is 6.92 Å². The maximum Gasteiger partial charge on any atom is 0.290 e. The summed E-state index contributed by atoms with van der Waals surface area (Å²) in [5, 5.41) is 4.06. The van der Waals surface area contributed by atoms with Gasteiger partial charge in [-0.25, -0.2) is 10.4 Å². The number of benzene rings is 1. The van der Waals surface area contributed by atoms with Crippen molar-refractivity contribution in [2.75, 3.05) is 6.61 Å². The van der Waals surface area contributed by atoms with Crippen LogP contribution in [0.3, 0.4) is 0 Å². The van der Waals surface area contributed by atoms with Crippen LogP contribution in [-0.4, -0.2) is 28.1 Å². The number of rotatable bonds is 8. The van der Waals surface area contributed by atoms with Crippen LogP contribution in [0.25, 0.3) is 5.65 Å². The molecule has 0 atom stereocenters. The fraction of sp³-hybridized carbons (Fsp3) is 0.286. The molecule has 1 N–H and O–H groups in total. The Balaban J connectivity index is 1.58. The third kappa shape index (κ3) is 4.73. The molecule has 0 aliphatic rings. The van der Waals surface area contributed by atoms with Crippen molar-refractivity contribution in [1.82, 2.24) is 14.8 Å². The van der Waals surface area contributed by atoms with E-state index in [2.05, 4.69) is 22.4 Å². The third-order valence-corrected chi connectivity index (χ3v) is 4.20. The molecular formula is C21H24N4O2. The monoisotopic (exact) mass is 364 g/mol. The molecule has 3 aromatic rings. The van der Waals surface area contributed by atoms with Gasteiger partial charge < -0.3 is 4.74 Å². The summed E-state index contributed by atoms with van der Waals surface area (Å²) in [6, 6.07) is 13.2. The Bertz CT molecular complexity index is 929. The molecule has 0 saturated heterocycles. The fourth-order valence-corrected chi connectivity index (χ4v) is 2.80. The number of nitrogens with one attached hydrogen (secondary N) is 1. The average Bonchev–Trinajstić information content (AvgIpc) is 3.02. The highest BCUT2D eigenvalue weighted by molar-refractivity contribution is 5.95. The minimum absolute atomic E-state index is 0.293. The SMILES string of the molecule is CCCCCOc1ccc(/C=N\NC(=O)c2c(C)nc3ccccn23)cc1. The Hall–Kier alpha value is -3.15. The highest BCUT2D eigenvalue weighted by atomic mass is 16.5. The molecule has 3 rings (SSSR count). The second-order valence-electron chi connectivity index (χ2n) is 6.30. The highest BCUT2D eigenvalue weighted by Gasteiger charge is 2.15. The number of aryl methyl sites for hydroxylation is 1. The predicted molar refractivity (Wildman–Crippen MR) is 106 cm³/mol. The van der Waals surface area contributed by atoms with E-state index < -0.39 is 0 Å². The zero-order valence-corrected chi connectivity index (χ0v) is 15.7. The lowest BCUT2D eigenvalue weighted by Gasteiger charge is -2.05. The number of unbranched alkanes of at least 4 members (excludes halogenated alkanes) is 2. The summed E-state index contributed by atoms with van der Waals surface area (Å²) < 4.78 is 7.44. The number of nitrogens with zero attached hydrogens (tertiary/aromatic N) is 3. The number of carbonyl (C=O) groups excluding carboxylic acids is 1. The van der Waals surface area contributed by atoms with E-state index in [9.17, 15) is 4.79 Å². The lowest BCUT2D eigenvalue weighted by atomic mass is 10.2. The van der Waals surface area contributed by atoms with Gasteiger partial charge in [-0.05, 0) is 55.3 Å². The smallest absolute Gasteiger partial charge is 0.290 e. The van der Waals surface area contributed by atoms with Gasteiger partial charge in [0.1, 0.15) is 17.1 Å². The van der Waals surface area contributed by atoms with Gasteiger partial charge in [-0.1, -0.05) is 25.8 Å². The van der Waals surface area contributed by atoms with Crippen molar-refractivity contribution in [3.8, 4) is 5.75 Å². The van der Waals surface area contributed by atoms with E-state index >= 15 is 0 Å². The molecule has 0 bridgehead atoms. The lowest BCUT2D eigenvalue weighted by Crippen LogP contribution is -2.20. The summed E-state index contributed by atoms with van der Waals surface area (Å²) >= 11 is 0. The molecule has 0 aliphatic carbocycles. The van der Waals surface area contributed by atoms with Crippen LogP contribution in [0.5, 0.6) is 5.75 Å². The predicted octanol–water partition coefficient (Wildman–Crippen LogP) is 3.98. The second-order valence-corrected chi connectivity index (χ2v) is 6.30. The number of fused-ring (bicyclic) bond motifs is 1. The molecule has 0 radical (unpaired) electrons. The number of aromatic nitrogens is 2. The summed E-state index contributed by atoms with van der Waals surface area (Å²) in [5.74, 6) is 0.548. The van der Waals surface area contributed by atoms with E-state index in [0.717, 1.165) is 30.0 Å². The van der Waals surface area contributed by atoms with Crippen LogP contribution in [0.2, 0.25) is 0 Å². The first kappa shape index (κ1) is 18.6. The number of hydrogen-bond donors (Lipinski definition) is 1. The van der Waals surface area contributed by atoms with E-state index in [-0.39, 0.29) is 5.91 Å². The number of ether oxygens (including phenoxy) is 1. The van der Waals surface area contributed by atoms with E-state index in [4.69, 9.17) is 4.74 Å². The molecule has 140 valence electrons. The van der Waals surface area contributed by atoms with E-state index in [1.807, 2.05) is 55.6 Å². The summed E-state index contributed by atoms with van der Waals surface area (Å²) in [4.78, 5) is 16.8. The maximum atomic E-state index is 12.5. The van der Waals surface area contributed by atoms with Gasteiger partial charge in [0.2, 0.25) is 0 Å². The van der Waals surface area contributed by atoms with Crippen LogP contribution < -0.4 is 10.2 Å². The third-order valence-electron chi connectivity index (χ3n) is 4.20. The average molecular weight is 364 g/mol. The molecule has 0 spiro atoms. The molecule has 1 amide bonds. The van der Waals surface area contributed by atoms with Crippen LogP contribution >= 0.6 is 0 Å². The van der Waals surface area contributed by atoms with Gasteiger partial charge >= 0.3 is 0 Å². The Morgan fingerprint density at radius 2 is 2.04 bits per heavy atom. The first-order valence-corrected chi connectivity index (χ1v) is 9.19. The van der Waals surface area contributed by atoms with Crippen LogP contribution in [0.1, 0.15) is 47.9 Å². The van der Waals surface area contributed by atoms with E-state index in [1.165, 1.54) is 12.8 Å². The summed E-state index contributed by atoms with van der Waals surface area (Å²) in [7, 11) is 0. The Kier molecular flexibility index (Phi) is 6.20. The number of pyridine rings is 1. The molecule has 0 unspecified atom stereocenters. The number of hydrazone groups is 1. The molecule has 27 heavy (non-hydrogen) atoms. The van der Waals surface area contributed by atoms with Crippen molar-refractivity contribution in [1.29, 1.82) is 0 Å². The van der Waals surface area contributed by atoms with Crippen molar-refractivity contribution >= 4 is 17.8 Å². The summed E-state index contributed by atoms with van der Waals surface area (Å²) in [6.07, 6.45) is 6.84. The highest BCUT2D eigenvalue weighted by Crippen LogP contribution is 2.13. The van der Waals surface area contributed by atoms with Gasteiger partial charge in [0.05, 0.1) is 18.5 Å². The molecule has 1 aromatic carbocycles. The van der Waals surface area contributed by atoms with Crippen LogP contribution in [0.15, 0.2) is 53.8 Å². The normalized spacial score (nSPS) is 11.2. The van der Waals surface area contributed by atoms with Crippen molar-refractivity contribution in [2.24, 2.45) is 5.10 Å². The molecule has 2 heterocycles. The van der Waals surface area contributed by atoms with E-state index in [0.29, 0.717) is 11.4 Å². The maximum absolute atomic E-state index is 12.5. The zero-order valence-electron chi connectivity index (χ0n) is 15.7. The molecule has 0 saturated carbocycles. The van der Waals surface area contributed by atoms with Gasteiger partial charge in [0, 0.05) is 6.20 Å². The lowest BCUT2D eigenvalue weighted by molar-refractivity contribution is 0.0948. The van der Waals surface area contributed by atoms with Crippen molar-refractivity contribution < 1.29 is 9.53 Å². The standard InChI is InChI=1S/C21H24N4O2/c1-3-4-7-14-27-18-11-9-17(10-12-18)15-22-24-21(26)20-16(2)23-19-8-5-6-13-25(19)20/h5-6,8-13,15H,3-4,7,14H2,1-2H3,(H,24,26)/b22-15-. The zero-order chi connectivity index (χ0) is 19.1. The molecule has 6 nitrogen and oxygen atoms in total. The molecule has 0 aliphatic heterocycles. The molecule has 6 heteroatoms. The summed E-state index contributed by atoms with van der Waals surface area (Å²) in [5.41, 5.74) is 5.33. The van der Waals surface area contributed by atoms with Gasteiger partial charge in [-0.3, -0.25) is 9.20 Å². The van der Waals surface area contributed by atoms with Gasteiger partial charge in [0.15, 0.2) is 0 Å². The van der Waals surface area contributed by atoms with Gasteiger partial charge in [-0.2, -0.15) is 5.10 Å². The Morgan fingerprint density at radius 1 is 1.22 bits per heavy atom. The second kappa shape index (κ2) is 8.98. The first-order valence-electron chi connectivity index (χ1n) is 9.19. The quantitative estimate of drug-likeness (QED) is 0.373.